The van der Waals surface area contributed by atoms with Crippen LogP contribution >= 0.6 is 11.8 Å². The van der Waals surface area contributed by atoms with Crippen LogP contribution in [0.1, 0.15) is 57.3 Å². The third-order valence-corrected chi connectivity index (χ3v) is 12.3. The van der Waals surface area contributed by atoms with Gasteiger partial charge in [-0.2, -0.15) is 0 Å². The lowest BCUT2D eigenvalue weighted by Gasteiger charge is -2.41. The Bertz CT molecular complexity index is 2420. The number of hydrogen-bond donors (Lipinski definition) is 6. The molecular formula is C51H68F2N8O13S. The topological polar surface area (TPSA) is 293 Å². The predicted molar refractivity (Wildman–Crippen MR) is 272 cm³/mol. The molecule has 3 aromatic rings. The van der Waals surface area contributed by atoms with Gasteiger partial charge in [0, 0.05) is 67.0 Å². The fourth-order valence-corrected chi connectivity index (χ4v) is 8.69. The first kappa shape index (κ1) is 61.0. The first-order chi connectivity index (χ1) is 35.7. The molecule has 21 nitrogen and oxygen atoms in total. The van der Waals surface area contributed by atoms with Crippen LogP contribution in [0.5, 0.6) is 0 Å². The van der Waals surface area contributed by atoms with Crippen molar-refractivity contribution in [1.29, 1.82) is 0 Å². The lowest BCUT2D eigenvalue weighted by molar-refractivity contribution is -0.141. The van der Waals surface area contributed by atoms with E-state index in [1.807, 2.05) is 55.7 Å². The highest BCUT2D eigenvalue weighted by atomic mass is 32.2. The Morgan fingerprint density at radius 1 is 0.800 bits per heavy atom. The van der Waals surface area contributed by atoms with Crippen molar-refractivity contribution >= 4 is 59.1 Å². The number of aromatic nitrogens is 1. The Balaban J connectivity index is 1.28. The van der Waals surface area contributed by atoms with Crippen LogP contribution in [0.3, 0.4) is 0 Å². The highest BCUT2D eigenvalue weighted by Gasteiger charge is 2.37. The van der Waals surface area contributed by atoms with Gasteiger partial charge in [0.25, 0.3) is 11.8 Å². The number of benzene rings is 2. The van der Waals surface area contributed by atoms with E-state index in [0.29, 0.717) is 17.8 Å². The van der Waals surface area contributed by atoms with Crippen molar-refractivity contribution in [2.24, 2.45) is 16.9 Å². The van der Waals surface area contributed by atoms with Crippen LogP contribution in [-0.2, 0) is 63.8 Å². The molecule has 0 saturated carbocycles. The number of amides is 7. The SMILES string of the molecule is CC(C)(C)[C@H](c1cc(-c2cc(F)ccc2F)cn1Cc1ccccc1)N(CCCN[C@@H](CC(N)=O)C(N)=O)C(=O)CSC[C@H](NC(=O)CCOCCOCCOCCOCCNC(=O)CN1C(=O)C=CC1=O)C(=O)O. The quantitative estimate of drug-likeness (QED) is 0.0358. The van der Waals surface area contributed by atoms with Crippen molar-refractivity contribution in [1.82, 2.24) is 30.3 Å². The maximum absolute atomic E-state index is 15.3. The summed E-state index contributed by atoms with van der Waals surface area (Å²) in [6.45, 7) is 7.71. The average molecular weight is 1070 g/mol. The third kappa shape index (κ3) is 21.3. The number of nitrogens with zero attached hydrogens (tertiary/aromatic N) is 3. The molecule has 0 spiro atoms. The van der Waals surface area contributed by atoms with E-state index in [2.05, 4.69) is 16.0 Å². The van der Waals surface area contributed by atoms with E-state index >= 15 is 4.39 Å². The summed E-state index contributed by atoms with van der Waals surface area (Å²) >= 11 is 1.00. The molecule has 1 aliphatic heterocycles. The average Bonchev–Trinajstić information content (AvgIpc) is 3.90. The molecule has 1 aliphatic rings. The summed E-state index contributed by atoms with van der Waals surface area (Å²) in [6.07, 6.45) is 3.69. The Labute approximate surface area is 438 Å². The number of thioether (sulfide) groups is 1. The van der Waals surface area contributed by atoms with Crippen molar-refractivity contribution < 1.29 is 71.2 Å². The minimum Gasteiger partial charge on any atom is -0.480 e. The van der Waals surface area contributed by atoms with E-state index in [0.717, 1.165) is 52.6 Å². The third-order valence-electron chi connectivity index (χ3n) is 11.3. The van der Waals surface area contributed by atoms with Crippen molar-refractivity contribution in [2.75, 3.05) is 90.5 Å². The number of nitrogens with two attached hydrogens (primary N) is 2. The Morgan fingerprint density at radius 3 is 2.03 bits per heavy atom. The van der Waals surface area contributed by atoms with E-state index in [1.165, 1.54) is 0 Å². The van der Waals surface area contributed by atoms with E-state index in [9.17, 15) is 47.9 Å². The van der Waals surface area contributed by atoms with Crippen molar-refractivity contribution in [3.63, 3.8) is 0 Å². The van der Waals surface area contributed by atoms with Gasteiger partial charge in [-0.15, -0.1) is 11.8 Å². The second-order valence-corrected chi connectivity index (χ2v) is 19.3. The Morgan fingerprint density at radius 2 is 1.43 bits per heavy atom. The zero-order valence-corrected chi connectivity index (χ0v) is 43.2. The number of ether oxygens (including phenoxy) is 4. The number of nitrogens with one attached hydrogen (secondary N) is 3. The summed E-state index contributed by atoms with van der Waals surface area (Å²) in [5.74, 6) is -7.05. The molecule has 0 fully saturated rings. The zero-order valence-electron chi connectivity index (χ0n) is 42.4. The minimum absolute atomic E-state index is 0.0204. The van der Waals surface area contributed by atoms with Crippen molar-refractivity contribution in [2.45, 2.75) is 64.7 Å². The molecule has 2 heterocycles. The highest BCUT2D eigenvalue weighted by molar-refractivity contribution is 8.00. The van der Waals surface area contributed by atoms with Crippen LogP contribution < -0.4 is 27.4 Å². The molecule has 7 amide bonds. The number of carbonyl (C=O) groups is 8. The minimum atomic E-state index is -1.35. The lowest BCUT2D eigenvalue weighted by Crippen LogP contribution is -2.47. The molecule has 2 aromatic carbocycles. The Hall–Kier alpha value is -6.57. The first-order valence-corrected chi connectivity index (χ1v) is 25.4. The molecule has 410 valence electrons. The van der Waals surface area contributed by atoms with Crippen LogP contribution in [0.15, 0.2) is 72.9 Å². The maximum atomic E-state index is 15.3. The first-order valence-electron chi connectivity index (χ1n) is 24.3. The van der Waals surface area contributed by atoms with Gasteiger partial charge in [0.1, 0.15) is 24.2 Å². The van der Waals surface area contributed by atoms with Gasteiger partial charge in [0.05, 0.1) is 77.1 Å². The van der Waals surface area contributed by atoms with Gasteiger partial charge in [0.2, 0.25) is 29.5 Å². The summed E-state index contributed by atoms with van der Waals surface area (Å²) < 4.78 is 53.5. The fraction of sp³-hybridized carbons (Fsp3) is 0.490. The predicted octanol–water partition coefficient (Wildman–Crippen LogP) is 1.91. The van der Waals surface area contributed by atoms with E-state index in [4.69, 9.17) is 30.4 Å². The number of aliphatic carboxylic acids is 1. The summed E-state index contributed by atoms with van der Waals surface area (Å²) in [4.78, 5) is 101. The number of halogens is 2. The maximum Gasteiger partial charge on any atom is 0.327 e. The summed E-state index contributed by atoms with van der Waals surface area (Å²) in [6, 6.07) is 11.2. The van der Waals surface area contributed by atoms with Crippen LogP contribution in [0.25, 0.3) is 11.1 Å². The number of carboxylic acids is 1. The summed E-state index contributed by atoms with van der Waals surface area (Å²) in [5, 5.41) is 18.0. The Kier molecular flexibility index (Phi) is 25.5. The molecule has 0 bridgehead atoms. The highest BCUT2D eigenvalue weighted by Crippen LogP contribution is 2.41. The number of hydrogen-bond acceptors (Lipinski definition) is 14. The fourth-order valence-electron chi connectivity index (χ4n) is 7.77. The van der Waals surface area contributed by atoms with E-state index in [-0.39, 0.29) is 115 Å². The van der Waals surface area contributed by atoms with Gasteiger partial charge in [-0.25, -0.2) is 13.6 Å². The molecule has 75 heavy (non-hydrogen) atoms. The van der Waals surface area contributed by atoms with E-state index < -0.39 is 82.5 Å². The number of carboxylic acid groups (broad SMARTS) is 1. The van der Waals surface area contributed by atoms with Gasteiger partial charge in [-0.05, 0) is 48.2 Å². The van der Waals surface area contributed by atoms with Crippen molar-refractivity contribution in [3.05, 3.63) is 95.8 Å². The van der Waals surface area contributed by atoms with Crippen LogP contribution in [0.4, 0.5) is 8.78 Å². The molecule has 0 unspecified atom stereocenters. The molecule has 1 aromatic heterocycles. The van der Waals surface area contributed by atoms with Gasteiger partial charge >= 0.3 is 5.97 Å². The number of primary amides is 2. The lowest BCUT2D eigenvalue weighted by atomic mass is 9.83. The molecule has 0 radical (unpaired) electrons. The molecule has 0 aliphatic carbocycles. The normalized spacial score (nSPS) is 13.6. The smallest absolute Gasteiger partial charge is 0.327 e. The summed E-state index contributed by atoms with van der Waals surface area (Å²) in [7, 11) is 0. The number of carbonyl (C=O) groups excluding carboxylic acids is 7. The number of imide groups is 1. The van der Waals surface area contributed by atoms with Gasteiger partial charge in [-0.1, -0.05) is 51.1 Å². The van der Waals surface area contributed by atoms with Crippen molar-refractivity contribution in [3.8, 4) is 11.1 Å². The number of rotatable bonds is 36. The zero-order chi connectivity index (χ0) is 54.9. The van der Waals surface area contributed by atoms with E-state index in [1.54, 1.807) is 17.2 Å². The van der Waals surface area contributed by atoms with Crippen LogP contribution in [0, 0.1) is 17.0 Å². The largest absolute Gasteiger partial charge is 0.480 e. The van der Waals surface area contributed by atoms with Gasteiger partial charge in [-0.3, -0.25) is 38.5 Å². The van der Waals surface area contributed by atoms with Gasteiger partial charge < -0.3 is 60.9 Å². The molecule has 4 rings (SSSR count). The monoisotopic (exact) mass is 1070 g/mol. The molecular weight excluding hydrogens is 1000 g/mol. The second kappa shape index (κ2) is 31.3. The summed E-state index contributed by atoms with van der Waals surface area (Å²) in [5.41, 5.74) is 12.0. The molecule has 3 atom stereocenters. The second-order valence-electron chi connectivity index (χ2n) is 18.3. The molecule has 8 N–H and O–H groups in total. The van der Waals surface area contributed by atoms with Crippen LogP contribution in [0.2, 0.25) is 0 Å². The molecule has 24 heteroatoms. The standard InChI is InChI=1S/C51H68F2N8O13S/c1-51(2,3)48(41-26-35(37-27-36(52)10-11-38(37)53)30-59(41)29-34-8-5-4-6-9-34)60(17-7-15-56-39(49(55)68)28-42(54)62)47(67)33-75-32-40(50(69)70)58-43(63)14-18-71-20-22-73-24-25-74-23-21-72-19-16-57-44(64)31-61-45(65)12-13-46(61)66/h4-6,8-13,26-27,30,39-40,48,56H,7,14-25,28-29,31-33H2,1-3H3,(H2,54,62)(H2,55,68)(H,57,64)(H,58,63)(H,69,70)/t39-,40-,48-/m0/s1. The van der Waals surface area contributed by atoms with Crippen LogP contribution in [-0.4, -0.2) is 169 Å². The molecule has 0 saturated heterocycles. The van der Waals surface area contributed by atoms with Gasteiger partial charge in [0.15, 0.2) is 0 Å².